The average Bonchev–Trinajstić information content (AvgIpc) is 2.36. The maximum Gasteiger partial charge on any atom is 0.192 e. The Bertz CT molecular complexity index is 498. The Hall–Kier alpha value is -1.86. The molecule has 94 valence electrons. The Morgan fingerprint density at radius 3 is 2.44 bits per heavy atom. The van der Waals surface area contributed by atoms with Gasteiger partial charge in [-0.25, -0.2) is 9.97 Å². The number of hydrogen-bond acceptors (Lipinski definition) is 7. The molecular weight excluding hydrogens is 248 g/mol. The molecule has 2 heterocycles. The zero-order valence-corrected chi connectivity index (χ0v) is 10.5. The van der Waals surface area contributed by atoms with Crippen LogP contribution in [0.1, 0.15) is 10.9 Å². The van der Waals surface area contributed by atoms with Crippen molar-refractivity contribution < 1.29 is 0 Å². The van der Waals surface area contributed by atoms with Crippen molar-refractivity contribution in [2.24, 2.45) is 5.73 Å². The summed E-state index contributed by atoms with van der Waals surface area (Å²) < 4.78 is 0. The first-order chi connectivity index (χ1) is 8.69. The zero-order valence-electron chi connectivity index (χ0n) is 9.65. The van der Waals surface area contributed by atoms with Gasteiger partial charge in [-0.1, -0.05) is 17.8 Å². The third-order valence-electron chi connectivity index (χ3n) is 2.22. The highest BCUT2D eigenvalue weighted by Gasteiger charge is 2.14. The molecular formula is C11H14N6S. The molecule has 1 atom stereocenters. The van der Waals surface area contributed by atoms with Crippen molar-refractivity contribution in [2.75, 3.05) is 18.0 Å². The van der Waals surface area contributed by atoms with Crippen LogP contribution in [-0.4, -0.2) is 21.5 Å². The van der Waals surface area contributed by atoms with E-state index in [0.29, 0.717) is 23.3 Å². The van der Waals surface area contributed by atoms with E-state index in [0.717, 1.165) is 5.69 Å². The van der Waals surface area contributed by atoms with Gasteiger partial charge in [0, 0.05) is 18.8 Å². The van der Waals surface area contributed by atoms with Gasteiger partial charge in [-0.3, -0.25) is 4.98 Å². The van der Waals surface area contributed by atoms with Crippen LogP contribution in [0.4, 0.5) is 11.6 Å². The average molecular weight is 262 g/mol. The SMILES string of the molecule is NCC(Sc1nc(N)cc(N)n1)c1ccccn1. The molecule has 2 aromatic rings. The number of nitrogens with two attached hydrogens (primary N) is 3. The molecule has 18 heavy (non-hydrogen) atoms. The highest BCUT2D eigenvalue weighted by atomic mass is 32.2. The number of pyridine rings is 1. The summed E-state index contributed by atoms with van der Waals surface area (Å²) in [7, 11) is 0. The third-order valence-corrected chi connectivity index (χ3v) is 3.34. The van der Waals surface area contributed by atoms with Crippen molar-refractivity contribution in [2.45, 2.75) is 10.4 Å². The largest absolute Gasteiger partial charge is 0.383 e. The van der Waals surface area contributed by atoms with Crippen molar-refractivity contribution in [1.29, 1.82) is 0 Å². The third kappa shape index (κ3) is 3.08. The minimum atomic E-state index is -0.0209. The lowest BCUT2D eigenvalue weighted by Crippen LogP contribution is -2.11. The van der Waals surface area contributed by atoms with E-state index >= 15 is 0 Å². The summed E-state index contributed by atoms with van der Waals surface area (Å²) in [6, 6.07) is 7.21. The lowest BCUT2D eigenvalue weighted by Gasteiger charge is -2.12. The van der Waals surface area contributed by atoms with Gasteiger partial charge in [0.25, 0.3) is 0 Å². The van der Waals surface area contributed by atoms with Gasteiger partial charge in [0.1, 0.15) is 11.6 Å². The van der Waals surface area contributed by atoms with Gasteiger partial charge < -0.3 is 17.2 Å². The van der Waals surface area contributed by atoms with Crippen LogP contribution in [-0.2, 0) is 0 Å². The van der Waals surface area contributed by atoms with Crippen molar-refractivity contribution in [3.8, 4) is 0 Å². The molecule has 0 spiro atoms. The molecule has 0 aromatic carbocycles. The summed E-state index contributed by atoms with van der Waals surface area (Å²) >= 11 is 1.40. The van der Waals surface area contributed by atoms with E-state index in [1.54, 1.807) is 6.20 Å². The van der Waals surface area contributed by atoms with Crippen LogP contribution in [0.3, 0.4) is 0 Å². The van der Waals surface area contributed by atoms with Crippen LogP contribution in [0.25, 0.3) is 0 Å². The van der Waals surface area contributed by atoms with Crippen LogP contribution in [0, 0.1) is 0 Å². The molecule has 2 aromatic heterocycles. The summed E-state index contributed by atoms with van der Waals surface area (Å²) in [5.74, 6) is 0.698. The van der Waals surface area contributed by atoms with Crippen LogP contribution < -0.4 is 17.2 Å². The Kier molecular flexibility index (Phi) is 3.96. The van der Waals surface area contributed by atoms with E-state index in [-0.39, 0.29) is 5.25 Å². The number of nitrogen functional groups attached to an aromatic ring is 2. The standard InChI is InChI=1S/C11H14N6S/c12-6-8(7-3-1-2-4-15-7)18-11-16-9(13)5-10(14)17-11/h1-5,8H,6,12H2,(H4,13,14,16,17). The maximum absolute atomic E-state index is 5.75. The second-order valence-corrected chi connectivity index (χ2v) is 4.77. The van der Waals surface area contributed by atoms with Gasteiger partial charge in [-0.05, 0) is 12.1 Å². The molecule has 0 amide bonds. The molecule has 0 aliphatic rings. The highest BCUT2D eigenvalue weighted by molar-refractivity contribution is 7.99. The molecule has 0 saturated heterocycles. The molecule has 0 saturated carbocycles. The van der Waals surface area contributed by atoms with E-state index in [2.05, 4.69) is 15.0 Å². The minimum Gasteiger partial charge on any atom is -0.383 e. The Balaban J connectivity index is 2.20. The quantitative estimate of drug-likeness (QED) is 0.551. The van der Waals surface area contributed by atoms with Crippen molar-refractivity contribution in [1.82, 2.24) is 15.0 Å². The molecule has 2 rings (SSSR count). The van der Waals surface area contributed by atoms with Gasteiger partial charge in [0.15, 0.2) is 5.16 Å². The van der Waals surface area contributed by atoms with Gasteiger partial charge >= 0.3 is 0 Å². The summed E-state index contributed by atoms with van der Waals surface area (Å²) in [5.41, 5.74) is 17.9. The molecule has 0 radical (unpaired) electrons. The first kappa shape index (κ1) is 12.6. The Labute approximate surface area is 109 Å². The fourth-order valence-corrected chi connectivity index (χ4v) is 2.36. The topological polar surface area (TPSA) is 117 Å². The smallest absolute Gasteiger partial charge is 0.192 e. The molecule has 0 aliphatic heterocycles. The van der Waals surface area contributed by atoms with E-state index in [4.69, 9.17) is 17.2 Å². The van der Waals surface area contributed by atoms with Crippen LogP contribution >= 0.6 is 11.8 Å². The van der Waals surface area contributed by atoms with Gasteiger partial charge in [0.2, 0.25) is 0 Å². The number of rotatable bonds is 4. The van der Waals surface area contributed by atoms with Crippen LogP contribution in [0.2, 0.25) is 0 Å². The monoisotopic (exact) mass is 262 g/mol. The summed E-state index contributed by atoms with van der Waals surface area (Å²) in [6.07, 6.45) is 1.73. The Morgan fingerprint density at radius 1 is 1.17 bits per heavy atom. The zero-order chi connectivity index (χ0) is 13.0. The fraction of sp³-hybridized carbons (Fsp3) is 0.182. The van der Waals surface area contributed by atoms with E-state index in [1.807, 2.05) is 18.2 Å². The molecule has 6 N–H and O–H groups in total. The molecule has 1 unspecified atom stereocenters. The lowest BCUT2D eigenvalue weighted by molar-refractivity contribution is 0.882. The van der Waals surface area contributed by atoms with Crippen molar-refractivity contribution in [3.63, 3.8) is 0 Å². The van der Waals surface area contributed by atoms with Crippen LogP contribution in [0.5, 0.6) is 0 Å². The number of aromatic nitrogens is 3. The highest BCUT2D eigenvalue weighted by Crippen LogP contribution is 2.31. The predicted octanol–water partition coefficient (Wildman–Crippen LogP) is 0.828. The maximum atomic E-state index is 5.75. The first-order valence-corrected chi connectivity index (χ1v) is 6.24. The summed E-state index contributed by atoms with van der Waals surface area (Å²) in [6.45, 7) is 0.430. The first-order valence-electron chi connectivity index (χ1n) is 5.36. The van der Waals surface area contributed by atoms with Crippen molar-refractivity contribution in [3.05, 3.63) is 36.2 Å². The Morgan fingerprint density at radius 2 is 1.89 bits per heavy atom. The normalized spacial score (nSPS) is 12.3. The van der Waals surface area contributed by atoms with Gasteiger partial charge in [-0.2, -0.15) is 0 Å². The molecule has 7 heteroatoms. The molecule has 0 fully saturated rings. The molecule has 0 aliphatic carbocycles. The minimum absolute atomic E-state index is 0.0209. The molecule has 6 nitrogen and oxygen atoms in total. The summed E-state index contributed by atoms with van der Waals surface area (Å²) in [5, 5.41) is 0.487. The number of hydrogen-bond donors (Lipinski definition) is 3. The number of nitrogens with zero attached hydrogens (tertiary/aromatic N) is 3. The van der Waals surface area contributed by atoms with Gasteiger partial charge in [-0.15, -0.1) is 0 Å². The summed E-state index contributed by atoms with van der Waals surface area (Å²) in [4.78, 5) is 12.5. The second kappa shape index (κ2) is 5.65. The molecule has 0 bridgehead atoms. The number of thioether (sulfide) groups is 1. The van der Waals surface area contributed by atoms with Gasteiger partial charge in [0.05, 0.1) is 10.9 Å². The van der Waals surface area contributed by atoms with E-state index in [1.165, 1.54) is 17.8 Å². The lowest BCUT2D eigenvalue weighted by atomic mass is 10.3. The second-order valence-electron chi connectivity index (χ2n) is 3.60. The van der Waals surface area contributed by atoms with Crippen molar-refractivity contribution >= 4 is 23.4 Å². The van der Waals surface area contributed by atoms with Crippen LogP contribution in [0.15, 0.2) is 35.6 Å². The van der Waals surface area contributed by atoms with E-state index in [9.17, 15) is 0 Å². The number of anilines is 2. The predicted molar refractivity (Wildman–Crippen MR) is 72.7 cm³/mol. The van der Waals surface area contributed by atoms with E-state index < -0.39 is 0 Å². The fourth-order valence-electron chi connectivity index (χ4n) is 1.44.